The molecule has 2 aromatic rings. The third-order valence-corrected chi connectivity index (χ3v) is 8.81. The molecule has 29 heavy (non-hydrogen) atoms. The van der Waals surface area contributed by atoms with Crippen LogP contribution in [0.25, 0.3) is 0 Å². The van der Waals surface area contributed by atoms with E-state index in [-0.39, 0.29) is 11.3 Å². The molecular weight excluding hydrogens is 406 g/mol. The maximum absolute atomic E-state index is 13.0. The highest BCUT2D eigenvalue weighted by Crippen LogP contribution is 2.34. The highest BCUT2D eigenvalue weighted by atomic mass is 32.2. The van der Waals surface area contributed by atoms with Crippen molar-refractivity contribution in [2.75, 3.05) is 24.5 Å². The van der Waals surface area contributed by atoms with Gasteiger partial charge in [-0.3, -0.25) is 4.79 Å². The molecule has 4 rings (SSSR count). The third-order valence-electron chi connectivity index (χ3n) is 5.50. The summed E-state index contributed by atoms with van der Waals surface area (Å²) in [5.41, 5.74) is 1.62. The number of hydrogen-bond donors (Lipinski definition) is 0. The van der Waals surface area contributed by atoms with Gasteiger partial charge in [-0.25, -0.2) is 13.4 Å². The van der Waals surface area contributed by atoms with Gasteiger partial charge in [0, 0.05) is 30.7 Å². The Morgan fingerprint density at radius 2 is 1.83 bits per heavy atom. The van der Waals surface area contributed by atoms with Gasteiger partial charge in [-0.1, -0.05) is 27.2 Å². The lowest BCUT2D eigenvalue weighted by atomic mass is 9.98. The van der Waals surface area contributed by atoms with Crippen LogP contribution in [0.15, 0.2) is 29.3 Å². The Labute approximate surface area is 176 Å². The van der Waals surface area contributed by atoms with Gasteiger partial charge in [0.25, 0.3) is 5.91 Å². The van der Waals surface area contributed by atoms with Crippen LogP contribution < -0.4 is 4.90 Å². The summed E-state index contributed by atoms with van der Waals surface area (Å²) in [5.74, 6) is -0.0663. The second kappa shape index (κ2) is 7.49. The molecule has 156 valence electrons. The van der Waals surface area contributed by atoms with Crippen LogP contribution >= 0.6 is 11.3 Å². The Hall–Kier alpha value is -1.77. The van der Waals surface area contributed by atoms with E-state index >= 15 is 0 Å². The van der Waals surface area contributed by atoms with E-state index in [1.165, 1.54) is 11.3 Å². The number of thiazole rings is 1. The van der Waals surface area contributed by atoms with Crippen molar-refractivity contribution in [3.63, 3.8) is 0 Å². The Morgan fingerprint density at radius 3 is 2.48 bits per heavy atom. The van der Waals surface area contributed by atoms with Crippen LogP contribution in [0.4, 0.5) is 5.69 Å². The number of rotatable bonds is 3. The first-order valence-electron chi connectivity index (χ1n) is 10.1. The van der Waals surface area contributed by atoms with Crippen molar-refractivity contribution >= 4 is 33.0 Å². The minimum absolute atomic E-state index is 0.0663. The van der Waals surface area contributed by atoms with Crippen molar-refractivity contribution in [2.45, 2.75) is 56.8 Å². The van der Waals surface area contributed by atoms with Gasteiger partial charge in [-0.2, -0.15) is 4.31 Å². The minimum atomic E-state index is -3.46. The predicted octanol–water partition coefficient (Wildman–Crippen LogP) is 3.82. The standard InChI is InChI=1S/C21H27N3O3S2/c1-21(2,3)20-22-14-18(28-20)19(25)24-12-9-15-13-16(7-8-17(15)24)29(26,27)23-10-5-4-6-11-23/h7-8,13-14H,4-6,9-12H2,1-3H3. The van der Waals surface area contributed by atoms with Crippen molar-refractivity contribution in [3.8, 4) is 0 Å². The molecule has 2 aliphatic rings. The summed E-state index contributed by atoms with van der Waals surface area (Å²) in [7, 11) is -3.46. The zero-order valence-corrected chi connectivity index (χ0v) is 18.8. The van der Waals surface area contributed by atoms with Crippen LogP contribution in [0.2, 0.25) is 0 Å². The van der Waals surface area contributed by atoms with Crippen LogP contribution in [0, 0.1) is 0 Å². The van der Waals surface area contributed by atoms with Crippen molar-refractivity contribution in [1.29, 1.82) is 0 Å². The normalized spacial score (nSPS) is 18.1. The van der Waals surface area contributed by atoms with Crippen molar-refractivity contribution in [3.05, 3.63) is 39.8 Å². The van der Waals surface area contributed by atoms with E-state index in [0.717, 1.165) is 35.5 Å². The molecule has 1 saturated heterocycles. The van der Waals surface area contributed by atoms with Crippen LogP contribution in [0.3, 0.4) is 0 Å². The summed E-state index contributed by atoms with van der Waals surface area (Å²) in [6.07, 6.45) is 5.23. The van der Waals surface area contributed by atoms with Gasteiger partial charge in [0.1, 0.15) is 4.88 Å². The fraction of sp³-hybridized carbons (Fsp3) is 0.524. The monoisotopic (exact) mass is 433 g/mol. The van der Waals surface area contributed by atoms with Crippen LogP contribution in [-0.4, -0.2) is 43.2 Å². The highest BCUT2D eigenvalue weighted by molar-refractivity contribution is 7.89. The number of aromatic nitrogens is 1. The maximum atomic E-state index is 13.0. The SMILES string of the molecule is CC(C)(C)c1ncc(C(=O)N2CCc3cc(S(=O)(=O)N4CCCCC4)ccc32)s1. The number of carbonyl (C=O) groups excluding carboxylic acids is 1. The van der Waals surface area contributed by atoms with E-state index in [0.29, 0.717) is 35.8 Å². The molecule has 0 aliphatic carbocycles. The van der Waals surface area contributed by atoms with E-state index in [1.807, 2.05) is 0 Å². The quantitative estimate of drug-likeness (QED) is 0.738. The smallest absolute Gasteiger partial charge is 0.270 e. The van der Waals surface area contributed by atoms with E-state index in [2.05, 4.69) is 25.8 Å². The molecule has 3 heterocycles. The first kappa shape index (κ1) is 20.5. The van der Waals surface area contributed by atoms with E-state index in [9.17, 15) is 13.2 Å². The largest absolute Gasteiger partial charge is 0.307 e. The van der Waals surface area contributed by atoms with Gasteiger partial charge in [0.05, 0.1) is 16.1 Å². The second-order valence-electron chi connectivity index (χ2n) is 8.74. The molecule has 0 N–H and O–H groups in total. The number of fused-ring (bicyclic) bond motifs is 1. The lowest BCUT2D eigenvalue weighted by molar-refractivity contribution is 0.0993. The van der Waals surface area contributed by atoms with Gasteiger partial charge >= 0.3 is 0 Å². The number of nitrogens with zero attached hydrogens (tertiary/aromatic N) is 3. The molecule has 0 spiro atoms. The molecule has 1 amide bonds. The number of hydrogen-bond acceptors (Lipinski definition) is 5. The molecule has 0 bridgehead atoms. The fourth-order valence-corrected chi connectivity index (χ4v) is 6.35. The minimum Gasteiger partial charge on any atom is -0.307 e. The molecule has 0 radical (unpaired) electrons. The van der Waals surface area contributed by atoms with E-state index < -0.39 is 10.0 Å². The van der Waals surface area contributed by atoms with Gasteiger partial charge in [0.15, 0.2) is 0 Å². The molecule has 6 nitrogen and oxygen atoms in total. The number of amides is 1. The Kier molecular flexibility index (Phi) is 5.29. The molecule has 1 aromatic carbocycles. The Balaban J connectivity index is 1.58. The molecular formula is C21H27N3O3S2. The van der Waals surface area contributed by atoms with Crippen LogP contribution in [0.5, 0.6) is 0 Å². The summed E-state index contributed by atoms with van der Waals surface area (Å²) in [4.78, 5) is 20.2. The van der Waals surface area contributed by atoms with Crippen molar-refractivity contribution in [1.82, 2.24) is 9.29 Å². The molecule has 2 aliphatic heterocycles. The lowest BCUT2D eigenvalue weighted by Crippen LogP contribution is -2.35. The van der Waals surface area contributed by atoms with Gasteiger partial charge in [0.2, 0.25) is 10.0 Å². The van der Waals surface area contributed by atoms with Crippen molar-refractivity contribution in [2.24, 2.45) is 0 Å². The van der Waals surface area contributed by atoms with Gasteiger partial charge in [-0.05, 0) is 43.0 Å². The predicted molar refractivity (Wildman–Crippen MR) is 115 cm³/mol. The van der Waals surface area contributed by atoms with Crippen LogP contribution in [-0.2, 0) is 21.9 Å². The average Bonchev–Trinajstić information content (AvgIpc) is 3.35. The highest BCUT2D eigenvalue weighted by Gasteiger charge is 2.31. The first-order valence-corrected chi connectivity index (χ1v) is 12.3. The molecule has 0 unspecified atom stereocenters. The first-order chi connectivity index (χ1) is 13.7. The summed E-state index contributed by atoms with van der Waals surface area (Å²) >= 11 is 1.43. The molecule has 0 atom stereocenters. The summed E-state index contributed by atoms with van der Waals surface area (Å²) < 4.78 is 27.5. The lowest BCUT2D eigenvalue weighted by Gasteiger charge is -2.26. The fourth-order valence-electron chi connectivity index (χ4n) is 3.86. The van der Waals surface area contributed by atoms with Gasteiger partial charge < -0.3 is 4.90 Å². The Morgan fingerprint density at radius 1 is 1.10 bits per heavy atom. The number of carbonyl (C=O) groups is 1. The van der Waals surface area contributed by atoms with Crippen LogP contribution in [0.1, 0.15) is 60.3 Å². The molecule has 0 saturated carbocycles. The van der Waals surface area contributed by atoms with Gasteiger partial charge in [-0.15, -0.1) is 11.3 Å². The van der Waals surface area contributed by atoms with Crippen molar-refractivity contribution < 1.29 is 13.2 Å². The summed E-state index contributed by atoms with van der Waals surface area (Å²) in [6, 6.07) is 5.17. The molecule has 8 heteroatoms. The average molecular weight is 434 g/mol. The number of sulfonamides is 1. The summed E-state index contributed by atoms with van der Waals surface area (Å²) in [5, 5.41) is 0.934. The molecule has 1 aromatic heterocycles. The topological polar surface area (TPSA) is 70.6 Å². The third kappa shape index (κ3) is 3.85. The number of benzene rings is 1. The molecule has 1 fully saturated rings. The Bertz CT molecular complexity index is 1030. The number of anilines is 1. The van der Waals surface area contributed by atoms with E-state index in [4.69, 9.17) is 0 Å². The second-order valence-corrected chi connectivity index (χ2v) is 11.7. The zero-order chi connectivity index (χ0) is 20.8. The maximum Gasteiger partial charge on any atom is 0.270 e. The zero-order valence-electron chi connectivity index (χ0n) is 17.1. The number of piperidine rings is 1. The summed E-state index contributed by atoms with van der Waals surface area (Å²) in [6.45, 7) is 7.97. The van der Waals surface area contributed by atoms with E-state index in [1.54, 1.807) is 33.6 Å².